The molecule has 9 aromatic rings. The third-order valence-corrected chi connectivity index (χ3v) is 7.87. The molecular formula is C44H28O. The van der Waals surface area contributed by atoms with Gasteiger partial charge in [0.05, 0.1) is 24.7 Å². The van der Waals surface area contributed by atoms with Gasteiger partial charge in [0.25, 0.3) is 0 Å². The van der Waals surface area contributed by atoms with Crippen LogP contribution in [0.2, 0.25) is 0 Å². The Hall–Kier alpha value is -5.92. The quantitative estimate of drug-likeness (QED) is 0.186. The Balaban J connectivity index is 1.62. The van der Waals surface area contributed by atoms with Gasteiger partial charge in [-0.3, -0.25) is 0 Å². The highest BCUT2D eigenvalue weighted by Crippen LogP contribution is 2.50. The van der Waals surface area contributed by atoms with Gasteiger partial charge in [0.1, 0.15) is 11.3 Å². The molecule has 9 rings (SSSR count). The molecule has 45 heavy (non-hydrogen) atoms. The number of fused-ring (bicyclic) bond motifs is 4. The SMILES string of the molecule is [2H]c1c([2H])c([2H])c(-c2cccc3c(-c4c5c([2H])c([2H])c([2H])c([2H])c5c(-c5c([2H])c([2H])c([2H])c([2H])c5[2H])c5c([2H])c([2H])c([2H])c([2H])c45)c(-c4ccc5ccccc5c4)oc23)c([2H])c1[2H]. The van der Waals surface area contributed by atoms with Crippen molar-refractivity contribution in [3.63, 3.8) is 0 Å². The molecule has 0 bridgehead atoms. The van der Waals surface area contributed by atoms with Crippen molar-refractivity contribution in [3.05, 3.63) is 169 Å². The minimum atomic E-state index is -0.794. The van der Waals surface area contributed by atoms with Crippen LogP contribution in [0.4, 0.5) is 0 Å². The molecule has 0 atom stereocenters. The molecule has 1 aromatic heterocycles. The third-order valence-electron chi connectivity index (χ3n) is 7.87. The fourth-order valence-corrected chi connectivity index (χ4v) is 5.98. The van der Waals surface area contributed by atoms with E-state index in [-0.39, 0.29) is 49.8 Å². The highest BCUT2D eigenvalue weighted by molar-refractivity contribution is 6.25. The number of para-hydroxylation sites is 1. The summed E-state index contributed by atoms with van der Waals surface area (Å²) in [5.41, 5.74) is -0.982. The van der Waals surface area contributed by atoms with Gasteiger partial charge in [-0.05, 0) is 55.1 Å². The van der Waals surface area contributed by atoms with Gasteiger partial charge in [0, 0.05) is 27.6 Å². The third kappa shape index (κ3) is 4.09. The molecule has 1 nitrogen and oxygen atoms in total. The van der Waals surface area contributed by atoms with Gasteiger partial charge in [0.2, 0.25) is 0 Å². The first-order valence-electron chi connectivity index (χ1n) is 23.0. The van der Waals surface area contributed by atoms with Crippen molar-refractivity contribution >= 4 is 43.3 Å². The fraction of sp³-hybridized carbons (Fsp3) is 0. The second-order valence-electron chi connectivity index (χ2n) is 10.3. The smallest absolute Gasteiger partial charge is 0.143 e. The maximum atomic E-state index is 9.52. The Labute approximate surface area is 286 Å². The molecule has 0 aliphatic rings. The van der Waals surface area contributed by atoms with Gasteiger partial charge >= 0.3 is 0 Å². The lowest BCUT2D eigenvalue weighted by molar-refractivity contribution is 0.633. The average Bonchev–Trinajstić information content (AvgIpc) is 3.68. The maximum absolute atomic E-state index is 9.52. The molecule has 210 valence electrons. The van der Waals surface area contributed by atoms with Crippen molar-refractivity contribution in [3.8, 4) is 44.7 Å². The van der Waals surface area contributed by atoms with Crippen molar-refractivity contribution < 1.29 is 29.1 Å². The Morgan fingerprint density at radius 1 is 0.400 bits per heavy atom. The normalized spacial score (nSPS) is 17.2. The Morgan fingerprint density at radius 2 is 0.978 bits per heavy atom. The predicted molar refractivity (Wildman–Crippen MR) is 190 cm³/mol. The number of rotatable bonds is 4. The van der Waals surface area contributed by atoms with Gasteiger partial charge in [-0.15, -0.1) is 0 Å². The second kappa shape index (κ2) is 10.4. The minimum absolute atomic E-state index is 0.00792. The van der Waals surface area contributed by atoms with Crippen molar-refractivity contribution in [1.82, 2.24) is 0 Å². The molecule has 0 aliphatic heterocycles. The standard InChI is InChI=1S/C44H28O/c1-3-15-30(16-4-1)34-24-13-25-39-42(43(45-44(34)39)33-27-26-29-14-7-8-19-32(29)28-33)41-37-22-11-9-20-35(37)40(31-17-5-2-6-18-31)36-21-10-12-23-38(36)41/h1-28H/i1D,2D,3D,4D,5D,6D,9D,10D,11D,12D,15D,16D,17D,18D,20D,21D,22D,23D. The summed E-state index contributed by atoms with van der Waals surface area (Å²) < 4.78 is 166. The number of benzene rings is 8. The van der Waals surface area contributed by atoms with Crippen LogP contribution >= 0.6 is 0 Å². The highest BCUT2D eigenvalue weighted by atomic mass is 16.3. The van der Waals surface area contributed by atoms with E-state index in [1.165, 1.54) is 12.1 Å². The summed E-state index contributed by atoms with van der Waals surface area (Å²) in [7, 11) is 0. The molecule has 0 saturated heterocycles. The molecule has 0 N–H and O–H groups in total. The van der Waals surface area contributed by atoms with Crippen LogP contribution < -0.4 is 0 Å². The van der Waals surface area contributed by atoms with Crippen molar-refractivity contribution in [1.29, 1.82) is 0 Å². The molecule has 1 heterocycles. The van der Waals surface area contributed by atoms with E-state index in [0.29, 0.717) is 5.56 Å². The second-order valence-corrected chi connectivity index (χ2v) is 10.3. The number of hydrogen-bond donors (Lipinski definition) is 0. The molecule has 0 unspecified atom stereocenters. The zero-order valence-corrected chi connectivity index (χ0v) is 23.2. The van der Waals surface area contributed by atoms with Gasteiger partial charge in [-0.25, -0.2) is 0 Å². The van der Waals surface area contributed by atoms with Crippen molar-refractivity contribution in [2.75, 3.05) is 0 Å². The first kappa shape index (κ1) is 13.4. The lowest BCUT2D eigenvalue weighted by atomic mass is 9.84. The van der Waals surface area contributed by atoms with E-state index in [1.54, 1.807) is 24.3 Å². The number of furan rings is 1. The van der Waals surface area contributed by atoms with Crippen LogP contribution in [0, 0.1) is 0 Å². The summed E-state index contributed by atoms with van der Waals surface area (Å²) >= 11 is 0. The predicted octanol–water partition coefficient (Wildman–Crippen LogP) is 12.6. The fourth-order valence-electron chi connectivity index (χ4n) is 5.98. The summed E-state index contributed by atoms with van der Waals surface area (Å²) in [6, 6.07) is 4.48. The van der Waals surface area contributed by atoms with E-state index < -0.39 is 131 Å². The van der Waals surface area contributed by atoms with E-state index in [1.807, 2.05) is 24.3 Å². The van der Waals surface area contributed by atoms with Crippen molar-refractivity contribution in [2.24, 2.45) is 0 Å². The van der Waals surface area contributed by atoms with Crippen LogP contribution in [0.1, 0.15) is 24.7 Å². The first-order chi connectivity index (χ1) is 29.8. The zero-order valence-electron chi connectivity index (χ0n) is 41.2. The molecule has 0 fully saturated rings. The van der Waals surface area contributed by atoms with Crippen LogP contribution in [0.15, 0.2) is 174 Å². The molecule has 1 heteroatoms. The summed E-state index contributed by atoms with van der Waals surface area (Å²) in [6.45, 7) is 0. The van der Waals surface area contributed by atoms with E-state index in [0.717, 1.165) is 10.8 Å². The Kier molecular flexibility index (Phi) is 3.08. The van der Waals surface area contributed by atoms with E-state index in [4.69, 9.17) is 23.6 Å². The Bertz CT molecular complexity index is 3420. The van der Waals surface area contributed by atoms with Gasteiger partial charge in [0.15, 0.2) is 0 Å². The van der Waals surface area contributed by atoms with E-state index >= 15 is 0 Å². The summed E-state index contributed by atoms with van der Waals surface area (Å²) in [6.07, 6.45) is 0. The van der Waals surface area contributed by atoms with Crippen LogP contribution in [0.3, 0.4) is 0 Å². The minimum Gasteiger partial charge on any atom is -0.455 e. The molecular weight excluding hydrogens is 544 g/mol. The van der Waals surface area contributed by atoms with Crippen molar-refractivity contribution in [2.45, 2.75) is 0 Å². The van der Waals surface area contributed by atoms with Crippen LogP contribution in [-0.4, -0.2) is 0 Å². The first-order valence-corrected chi connectivity index (χ1v) is 14.0. The maximum Gasteiger partial charge on any atom is 0.143 e. The summed E-state index contributed by atoms with van der Waals surface area (Å²) in [4.78, 5) is 0. The summed E-state index contributed by atoms with van der Waals surface area (Å²) in [5, 5.41) is 0.237. The lowest BCUT2D eigenvalue weighted by Crippen LogP contribution is -1.91. The molecule has 0 aliphatic carbocycles. The largest absolute Gasteiger partial charge is 0.455 e. The van der Waals surface area contributed by atoms with Gasteiger partial charge in [-0.1, -0.05) is 163 Å². The Morgan fingerprint density at radius 3 is 1.64 bits per heavy atom. The van der Waals surface area contributed by atoms with Gasteiger partial charge < -0.3 is 4.42 Å². The van der Waals surface area contributed by atoms with Crippen LogP contribution in [-0.2, 0) is 0 Å². The van der Waals surface area contributed by atoms with Crippen LogP contribution in [0.5, 0.6) is 0 Å². The van der Waals surface area contributed by atoms with E-state index in [2.05, 4.69) is 0 Å². The van der Waals surface area contributed by atoms with Gasteiger partial charge in [-0.2, -0.15) is 0 Å². The average molecular weight is 591 g/mol. The topological polar surface area (TPSA) is 13.1 Å². The molecule has 0 spiro atoms. The molecule has 0 amide bonds. The monoisotopic (exact) mass is 590 g/mol. The van der Waals surface area contributed by atoms with Crippen LogP contribution in [0.25, 0.3) is 88.0 Å². The zero-order chi connectivity index (χ0) is 45.4. The number of hydrogen-bond acceptors (Lipinski definition) is 1. The molecule has 0 saturated carbocycles. The molecule has 8 aromatic carbocycles. The summed E-state index contributed by atoms with van der Waals surface area (Å²) in [5.74, 6) is 0.00792. The molecule has 0 radical (unpaired) electrons. The lowest BCUT2D eigenvalue weighted by Gasteiger charge is -2.18. The highest BCUT2D eigenvalue weighted by Gasteiger charge is 2.25. The van der Waals surface area contributed by atoms with E-state index in [9.17, 15) is 5.48 Å².